The fraction of sp³-hybridized carbons (Fsp3) is 0.259. The van der Waals surface area contributed by atoms with Crippen LogP contribution in [0.2, 0.25) is 0 Å². The fourth-order valence-electron chi connectivity index (χ4n) is 3.77. The van der Waals surface area contributed by atoms with E-state index >= 15 is 0 Å². The van der Waals surface area contributed by atoms with Gasteiger partial charge in [-0.25, -0.2) is 18.7 Å². The van der Waals surface area contributed by atoms with Crippen molar-refractivity contribution in [3.8, 4) is 18.1 Å². The lowest BCUT2D eigenvalue weighted by molar-refractivity contribution is -0.116. The van der Waals surface area contributed by atoms with Gasteiger partial charge < -0.3 is 15.4 Å². The lowest BCUT2D eigenvalue weighted by atomic mass is 10.2. The first-order valence-electron chi connectivity index (χ1n) is 12.0. The number of nitrogens with one attached hydrogen (secondary N) is 2. The second-order valence-electron chi connectivity index (χ2n) is 8.38. The van der Waals surface area contributed by atoms with Crippen LogP contribution < -0.4 is 15.4 Å². The molecule has 0 fully saturated rings. The van der Waals surface area contributed by atoms with Crippen LogP contribution in [0, 0.1) is 24.0 Å². The molecule has 2 aromatic heterocycles. The summed E-state index contributed by atoms with van der Waals surface area (Å²) in [6.07, 6.45) is 10.8. The van der Waals surface area contributed by atoms with Gasteiger partial charge in [0.05, 0.1) is 36.2 Å². The van der Waals surface area contributed by atoms with E-state index in [1.165, 1.54) is 29.3 Å². The van der Waals surface area contributed by atoms with E-state index in [0.29, 0.717) is 35.9 Å². The molecule has 38 heavy (non-hydrogen) atoms. The van der Waals surface area contributed by atoms with E-state index in [2.05, 4.69) is 43.4 Å². The minimum absolute atomic E-state index is 0.193. The van der Waals surface area contributed by atoms with Gasteiger partial charge in [0.1, 0.15) is 24.4 Å². The maximum absolute atomic E-state index is 13.8. The van der Waals surface area contributed by atoms with Gasteiger partial charge >= 0.3 is 0 Å². The van der Waals surface area contributed by atoms with Crippen molar-refractivity contribution in [3.63, 3.8) is 0 Å². The highest BCUT2D eigenvalue weighted by Gasteiger charge is 2.12. The molecule has 0 aliphatic carbocycles. The molecule has 196 valence electrons. The minimum atomic E-state index is -1.11. The van der Waals surface area contributed by atoms with Crippen molar-refractivity contribution in [2.24, 2.45) is 0 Å². The Morgan fingerprint density at radius 1 is 1.24 bits per heavy atom. The summed E-state index contributed by atoms with van der Waals surface area (Å²) in [6, 6.07) is 9.15. The molecule has 0 bridgehead atoms. The van der Waals surface area contributed by atoms with Gasteiger partial charge in [0.2, 0.25) is 5.91 Å². The third-order valence-corrected chi connectivity index (χ3v) is 5.68. The zero-order chi connectivity index (χ0) is 26.9. The number of terminal acetylenes is 1. The number of nitrogens with zero attached hydrogens (tertiary/aromatic N) is 5. The highest BCUT2D eigenvalue weighted by molar-refractivity contribution is 5.92. The fourth-order valence-corrected chi connectivity index (χ4v) is 3.77. The summed E-state index contributed by atoms with van der Waals surface area (Å²) in [4.78, 5) is 23.1. The van der Waals surface area contributed by atoms with Crippen LogP contribution in [0.15, 0.2) is 55.1 Å². The molecule has 0 unspecified atom stereocenters. The molecule has 2 aromatic carbocycles. The molecule has 0 radical (unpaired) electrons. The zero-order valence-electron chi connectivity index (χ0n) is 20.8. The number of hydrogen-bond donors (Lipinski definition) is 2. The molecular weight excluding hydrogens is 492 g/mol. The van der Waals surface area contributed by atoms with E-state index in [0.717, 1.165) is 31.0 Å². The summed E-state index contributed by atoms with van der Waals surface area (Å²) in [5.74, 6) is 1.21. The van der Waals surface area contributed by atoms with Crippen molar-refractivity contribution >= 4 is 34.0 Å². The second-order valence-corrected chi connectivity index (χ2v) is 8.38. The van der Waals surface area contributed by atoms with Crippen molar-refractivity contribution in [2.75, 3.05) is 36.9 Å². The standard InChI is InChI=1S/C27H27F2N7O2/c1-3-11-35(4-2)12-6-13-38-20-9-10-21-24(14-20)30-18-31-27(21)33-19-15-32-36(16-19)17-25(37)34-23-8-5-7-22(28)26(23)29/h1,5,7-10,14-16,18H,4,6,11-13,17H2,2H3,(H,34,37)(H,30,31,33). The first kappa shape index (κ1) is 26.5. The van der Waals surface area contributed by atoms with Gasteiger partial charge in [-0.05, 0) is 37.2 Å². The van der Waals surface area contributed by atoms with E-state index in [-0.39, 0.29) is 12.2 Å². The third kappa shape index (κ3) is 6.80. The molecule has 1 amide bonds. The average Bonchev–Trinajstić information content (AvgIpc) is 3.35. The first-order valence-corrected chi connectivity index (χ1v) is 12.0. The van der Waals surface area contributed by atoms with Crippen molar-refractivity contribution in [3.05, 3.63) is 66.8 Å². The van der Waals surface area contributed by atoms with Crippen LogP contribution in [-0.2, 0) is 11.3 Å². The Bertz CT molecular complexity index is 1450. The van der Waals surface area contributed by atoms with Crippen LogP contribution in [0.1, 0.15) is 13.3 Å². The van der Waals surface area contributed by atoms with Crippen LogP contribution in [0.4, 0.5) is 26.0 Å². The summed E-state index contributed by atoms with van der Waals surface area (Å²) in [7, 11) is 0. The molecule has 0 aliphatic heterocycles. The lowest BCUT2D eigenvalue weighted by Gasteiger charge is -2.17. The Hall–Kier alpha value is -4.56. The smallest absolute Gasteiger partial charge is 0.246 e. The summed E-state index contributed by atoms with van der Waals surface area (Å²) in [6.45, 7) is 4.82. The number of carbonyl (C=O) groups excluding carboxylic acids is 1. The zero-order valence-corrected chi connectivity index (χ0v) is 20.8. The van der Waals surface area contributed by atoms with E-state index in [9.17, 15) is 13.6 Å². The second kappa shape index (κ2) is 12.6. The van der Waals surface area contributed by atoms with Crippen LogP contribution in [0.3, 0.4) is 0 Å². The molecular formula is C27H27F2N7O2. The SMILES string of the molecule is C#CCN(CC)CCCOc1ccc2c(Nc3cnn(CC(=O)Nc4cccc(F)c4F)c3)ncnc2c1. The first-order chi connectivity index (χ1) is 18.5. The summed E-state index contributed by atoms with van der Waals surface area (Å²) in [5.41, 5.74) is 1.05. The molecule has 2 N–H and O–H groups in total. The number of hydrogen-bond acceptors (Lipinski definition) is 7. The van der Waals surface area contributed by atoms with Gasteiger partial charge in [-0.1, -0.05) is 18.9 Å². The Balaban J connectivity index is 1.35. The number of aromatic nitrogens is 4. The van der Waals surface area contributed by atoms with Crippen molar-refractivity contribution in [2.45, 2.75) is 19.9 Å². The largest absolute Gasteiger partial charge is 0.493 e. The average molecular weight is 520 g/mol. The predicted molar refractivity (Wildman–Crippen MR) is 141 cm³/mol. The molecule has 4 rings (SSSR count). The molecule has 0 aliphatic rings. The number of carbonyl (C=O) groups is 1. The van der Waals surface area contributed by atoms with Crippen molar-refractivity contribution in [1.82, 2.24) is 24.6 Å². The quantitative estimate of drug-likeness (QED) is 0.214. The van der Waals surface area contributed by atoms with Crippen LogP contribution in [-0.4, -0.2) is 56.8 Å². The Morgan fingerprint density at radius 3 is 2.92 bits per heavy atom. The van der Waals surface area contributed by atoms with Crippen LogP contribution >= 0.6 is 0 Å². The number of ether oxygens (including phenoxy) is 1. The van der Waals surface area contributed by atoms with Crippen LogP contribution in [0.25, 0.3) is 10.9 Å². The Morgan fingerprint density at radius 2 is 2.11 bits per heavy atom. The maximum atomic E-state index is 13.8. The van der Waals surface area contributed by atoms with E-state index in [1.54, 1.807) is 6.20 Å². The van der Waals surface area contributed by atoms with Crippen molar-refractivity contribution < 1.29 is 18.3 Å². The minimum Gasteiger partial charge on any atom is -0.493 e. The maximum Gasteiger partial charge on any atom is 0.246 e. The molecule has 0 saturated heterocycles. The van der Waals surface area contributed by atoms with Gasteiger partial charge in [-0.15, -0.1) is 6.42 Å². The van der Waals surface area contributed by atoms with E-state index in [4.69, 9.17) is 11.2 Å². The molecule has 4 aromatic rings. The highest BCUT2D eigenvalue weighted by atomic mass is 19.2. The molecule has 9 nitrogen and oxygen atoms in total. The van der Waals surface area contributed by atoms with E-state index < -0.39 is 17.5 Å². The Labute approximate surface area is 218 Å². The molecule has 11 heteroatoms. The number of benzene rings is 2. The normalized spacial score (nSPS) is 10.9. The number of amides is 1. The summed E-state index contributed by atoms with van der Waals surface area (Å²) >= 11 is 0. The summed E-state index contributed by atoms with van der Waals surface area (Å²) < 4.78 is 34.4. The summed E-state index contributed by atoms with van der Waals surface area (Å²) in [5, 5.41) is 10.4. The lowest BCUT2D eigenvalue weighted by Crippen LogP contribution is -2.25. The monoisotopic (exact) mass is 519 g/mol. The molecule has 2 heterocycles. The highest BCUT2D eigenvalue weighted by Crippen LogP contribution is 2.26. The number of halogens is 2. The van der Waals surface area contributed by atoms with Gasteiger partial charge in [-0.3, -0.25) is 14.4 Å². The van der Waals surface area contributed by atoms with Gasteiger partial charge in [0, 0.05) is 24.2 Å². The third-order valence-electron chi connectivity index (χ3n) is 5.68. The van der Waals surface area contributed by atoms with Gasteiger partial charge in [-0.2, -0.15) is 5.10 Å². The van der Waals surface area contributed by atoms with Crippen LogP contribution in [0.5, 0.6) is 5.75 Å². The predicted octanol–water partition coefficient (Wildman–Crippen LogP) is 4.21. The molecule has 0 atom stereocenters. The number of anilines is 3. The van der Waals surface area contributed by atoms with Crippen molar-refractivity contribution in [1.29, 1.82) is 0 Å². The topological polar surface area (TPSA) is 97.2 Å². The number of fused-ring (bicyclic) bond motifs is 1. The molecule has 0 spiro atoms. The Kier molecular flexibility index (Phi) is 8.79. The number of rotatable bonds is 12. The molecule has 0 saturated carbocycles. The van der Waals surface area contributed by atoms with E-state index in [1.807, 2.05) is 18.2 Å². The van der Waals surface area contributed by atoms with Gasteiger partial charge in [0.25, 0.3) is 0 Å². The van der Waals surface area contributed by atoms with Gasteiger partial charge in [0.15, 0.2) is 11.6 Å².